The van der Waals surface area contributed by atoms with Gasteiger partial charge in [-0.3, -0.25) is 0 Å². The molecule has 2 aromatic carbocycles. The Hall–Kier alpha value is -2.99. The lowest BCUT2D eigenvalue weighted by molar-refractivity contribution is 0.248. The molecule has 0 aliphatic carbocycles. The number of piperazine rings is 1. The average molecular weight is 407 g/mol. The number of hydrogen-bond acceptors (Lipinski definition) is 4. The van der Waals surface area contributed by atoms with Crippen molar-refractivity contribution in [2.45, 2.75) is 26.8 Å². The maximum Gasteiger partial charge on any atom is 0.319 e. The highest BCUT2D eigenvalue weighted by Crippen LogP contribution is 2.26. The molecule has 1 unspecified atom stereocenters. The topological polar surface area (TPSA) is 60.8 Å². The molecule has 1 aliphatic heterocycles. The summed E-state index contributed by atoms with van der Waals surface area (Å²) in [5.41, 5.74) is 4.03. The third-order valence-electron chi connectivity index (χ3n) is 5.83. The van der Waals surface area contributed by atoms with E-state index in [1.807, 2.05) is 49.4 Å². The Morgan fingerprint density at radius 3 is 2.57 bits per heavy atom. The molecule has 1 aliphatic rings. The molecule has 0 radical (unpaired) electrons. The molecule has 0 saturated carbocycles. The summed E-state index contributed by atoms with van der Waals surface area (Å²) in [5.74, 6) is 0.740. The minimum absolute atomic E-state index is 0.229. The van der Waals surface area contributed by atoms with Crippen LogP contribution in [0.25, 0.3) is 11.0 Å². The van der Waals surface area contributed by atoms with Crippen molar-refractivity contribution < 1.29 is 9.21 Å². The van der Waals surface area contributed by atoms with Crippen molar-refractivity contribution in [3.05, 3.63) is 59.9 Å². The number of fused-ring (bicyclic) bond motifs is 1. The second-order valence-electron chi connectivity index (χ2n) is 7.93. The van der Waals surface area contributed by atoms with E-state index in [0.29, 0.717) is 0 Å². The van der Waals surface area contributed by atoms with Gasteiger partial charge in [0.2, 0.25) is 0 Å². The first-order valence-electron chi connectivity index (χ1n) is 10.7. The van der Waals surface area contributed by atoms with E-state index in [4.69, 9.17) is 4.42 Å². The number of para-hydroxylation sites is 1. The molecule has 1 atom stereocenters. The van der Waals surface area contributed by atoms with E-state index in [1.165, 1.54) is 11.3 Å². The minimum atomic E-state index is -0.244. The van der Waals surface area contributed by atoms with E-state index in [1.54, 1.807) is 0 Å². The molecular weight excluding hydrogens is 376 g/mol. The highest BCUT2D eigenvalue weighted by atomic mass is 16.3. The van der Waals surface area contributed by atoms with Gasteiger partial charge in [-0.25, -0.2) is 4.79 Å². The van der Waals surface area contributed by atoms with Crippen molar-refractivity contribution in [1.82, 2.24) is 10.2 Å². The quantitative estimate of drug-likeness (QED) is 0.641. The molecule has 6 heteroatoms. The number of carbonyl (C=O) groups is 1. The van der Waals surface area contributed by atoms with Crippen molar-refractivity contribution in [3.63, 3.8) is 0 Å². The van der Waals surface area contributed by atoms with Crippen molar-refractivity contribution >= 4 is 28.4 Å². The highest BCUT2D eigenvalue weighted by Gasteiger charge is 2.18. The van der Waals surface area contributed by atoms with E-state index in [9.17, 15) is 4.79 Å². The van der Waals surface area contributed by atoms with Crippen LogP contribution in [0.2, 0.25) is 0 Å². The molecule has 0 bridgehead atoms. The van der Waals surface area contributed by atoms with Gasteiger partial charge in [0, 0.05) is 42.9 Å². The van der Waals surface area contributed by atoms with E-state index in [2.05, 4.69) is 40.3 Å². The molecule has 6 nitrogen and oxygen atoms in total. The summed E-state index contributed by atoms with van der Waals surface area (Å²) in [7, 11) is 0. The summed E-state index contributed by atoms with van der Waals surface area (Å²) >= 11 is 0. The summed E-state index contributed by atoms with van der Waals surface area (Å²) < 4.78 is 5.85. The van der Waals surface area contributed by atoms with Gasteiger partial charge in [0.1, 0.15) is 11.3 Å². The van der Waals surface area contributed by atoms with Crippen LogP contribution in [0.15, 0.2) is 52.9 Å². The number of rotatable bonds is 5. The first kappa shape index (κ1) is 20.3. The SMILES string of the molecule is CCN1CCN(c2ccc(NC(=O)NC(C)c3cc4ccccc4o3)cc2C)CC1. The maximum atomic E-state index is 12.5. The molecule has 2 amide bonds. The third-order valence-corrected chi connectivity index (χ3v) is 5.83. The maximum absolute atomic E-state index is 12.5. The highest BCUT2D eigenvalue weighted by molar-refractivity contribution is 5.90. The Morgan fingerprint density at radius 1 is 1.10 bits per heavy atom. The number of carbonyl (C=O) groups excluding carboxylic acids is 1. The predicted octanol–water partition coefficient (Wildman–Crippen LogP) is 4.77. The summed E-state index contributed by atoms with van der Waals surface area (Å²) in [6.45, 7) is 11.6. The van der Waals surface area contributed by atoms with E-state index in [0.717, 1.165) is 55.1 Å². The molecule has 3 aromatic rings. The van der Waals surface area contributed by atoms with Gasteiger partial charge in [0.05, 0.1) is 6.04 Å². The van der Waals surface area contributed by atoms with Crippen LogP contribution >= 0.6 is 0 Å². The number of amides is 2. The summed E-state index contributed by atoms with van der Waals surface area (Å²) in [6, 6.07) is 15.5. The number of anilines is 2. The van der Waals surface area contributed by atoms with Crippen LogP contribution in [0, 0.1) is 6.92 Å². The number of furan rings is 1. The normalized spacial score (nSPS) is 15.9. The van der Waals surface area contributed by atoms with Crippen LogP contribution in [0.3, 0.4) is 0 Å². The van der Waals surface area contributed by atoms with Gasteiger partial charge in [-0.1, -0.05) is 25.1 Å². The number of nitrogens with one attached hydrogen (secondary N) is 2. The predicted molar refractivity (Wildman–Crippen MR) is 122 cm³/mol. The summed E-state index contributed by atoms with van der Waals surface area (Å²) in [6.07, 6.45) is 0. The van der Waals surface area contributed by atoms with Gasteiger partial charge in [0.15, 0.2) is 0 Å². The standard InChI is InChI=1S/C24H30N4O2/c1-4-27-11-13-28(14-12-27)21-10-9-20(15-17(21)2)26-24(29)25-18(3)23-16-19-7-5-6-8-22(19)30-23/h5-10,15-16,18H,4,11-14H2,1-3H3,(H2,25,26,29). The minimum Gasteiger partial charge on any atom is -0.459 e. The monoisotopic (exact) mass is 406 g/mol. The van der Waals surface area contributed by atoms with Gasteiger partial charge in [-0.05, 0) is 56.3 Å². The Morgan fingerprint density at radius 2 is 1.87 bits per heavy atom. The number of nitrogens with zero attached hydrogens (tertiary/aromatic N) is 2. The van der Waals surface area contributed by atoms with E-state index < -0.39 is 0 Å². The fourth-order valence-corrected chi connectivity index (χ4v) is 4.04. The summed E-state index contributed by atoms with van der Waals surface area (Å²) in [5, 5.41) is 6.93. The van der Waals surface area contributed by atoms with Gasteiger partial charge in [-0.15, -0.1) is 0 Å². The Bertz CT molecular complexity index is 988. The lowest BCUT2D eigenvalue weighted by atomic mass is 10.1. The number of aryl methyl sites for hydroxylation is 1. The second-order valence-corrected chi connectivity index (χ2v) is 7.93. The Labute approximate surface area is 177 Å². The molecule has 4 rings (SSSR count). The molecule has 0 spiro atoms. The van der Waals surface area contributed by atoms with Crippen LogP contribution in [-0.2, 0) is 0 Å². The average Bonchev–Trinajstić information content (AvgIpc) is 3.18. The number of urea groups is 1. The van der Waals surface area contributed by atoms with Crippen molar-refractivity contribution in [2.75, 3.05) is 42.9 Å². The van der Waals surface area contributed by atoms with Crippen molar-refractivity contribution in [3.8, 4) is 0 Å². The second kappa shape index (κ2) is 8.79. The molecule has 158 valence electrons. The summed E-state index contributed by atoms with van der Waals surface area (Å²) in [4.78, 5) is 17.4. The smallest absolute Gasteiger partial charge is 0.319 e. The fourth-order valence-electron chi connectivity index (χ4n) is 4.04. The molecule has 1 fully saturated rings. The van der Waals surface area contributed by atoms with E-state index in [-0.39, 0.29) is 12.1 Å². The molecule has 1 aromatic heterocycles. The van der Waals surface area contributed by atoms with Crippen molar-refractivity contribution in [1.29, 1.82) is 0 Å². The molecule has 2 heterocycles. The van der Waals surface area contributed by atoms with Gasteiger partial charge in [-0.2, -0.15) is 0 Å². The van der Waals surface area contributed by atoms with Crippen LogP contribution in [0.5, 0.6) is 0 Å². The van der Waals surface area contributed by atoms with Gasteiger partial charge in [0.25, 0.3) is 0 Å². The fraction of sp³-hybridized carbons (Fsp3) is 0.375. The Kier molecular flexibility index (Phi) is 5.95. The number of benzene rings is 2. The van der Waals surface area contributed by atoms with Gasteiger partial charge < -0.3 is 24.9 Å². The lowest BCUT2D eigenvalue weighted by Crippen LogP contribution is -2.46. The van der Waals surface area contributed by atoms with Crippen LogP contribution in [-0.4, -0.2) is 43.7 Å². The Balaban J connectivity index is 1.36. The zero-order valence-electron chi connectivity index (χ0n) is 17.9. The van der Waals surface area contributed by atoms with Gasteiger partial charge >= 0.3 is 6.03 Å². The molecule has 1 saturated heterocycles. The van der Waals surface area contributed by atoms with Crippen LogP contribution < -0.4 is 15.5 Å². The zero-order valence-corrected chi connectivity index (χ0v) is 17.9. The molecule has 2 N–H and O–H groups in total. The third kappa shape index (κ3) is 4.44. The molecular formula is C24H30N4O2. The zero-order chi connectivity index (χ0) is 21.1. The van der Waals surface area contributed by atoms with Crippen molar-refractivity contribution in [2.24, 2.45) is 0 Å². The lowest BCUT2D eigenvalue weighted by Gasteiger charge is -2.36. The first-order chi connectivity index (χ1) is 14.5. The number of hydrogen-bond donors (Lipinski definition) is 2. The molecule has 30 heavy (non-hydrogen) atoms. The first-order valence-corrected chi connectivity index (χ1v) is 10.7. The van der Waals surface area contributed by atoms with Crippen LogP contribution in [0.1, 0.15) is 31.2 Å². The van der Waals surface area contributed by atoms with E-state index >= 15 is 0 Å². The van der Waals surface area contributed by atoms with Crippen LogP contribution in [0.4, 0.5) is 16.2 Å². The largest absolute Gasteiger partial charge is 0.459 e. The number of likely N-dealkylation sites (N-methyl/N-ethyl adjacent to an activating group) is 1.